The quantitative estimate of drug-likeness (QED) is 0.153. The zero-order valence-electron chi connectivity index (χ0n) is 47.6. The Hall–Kier alpha value is -6.58. The van der Waals surface area contributed by atoms with E-state index in [0.717, 1.165) is 12.8 Å². The first-order chi connectivity index (χ1) is 35.3. The zero-order valence-corrected chi connectivity index (χ0v) is 47.6. The number of hydrogen-bond acceptors (Lipinski definition) is 2. The SMILES string of the molecule is CC(C)(C)c1ccc(N2c3ccc(C(C)(C)c4ccccc4)cc3C3[B]c4c2cc(C(C)(C)C)cc4N(c2ccc(C(C)(C)C)cc2-c2cccc(-c4ccccc4)c2)c2cc4c(cc23)C(C)(C)CCC4(C)C)cc1. The Kier molecular flexibility index (Phi) is 12.0. The molecular formula is C72H78BN2. The average Bonchev–Trinajstić information content (AvgIpc) is 3.65. The maximum absolute atomic E-state index is 2.72. The maximum Gasteiger partial charge on any atom is 0.172 e. The summed E-state index contributed by atoms with van der Waals surface area (Å²) in [5.74, 6) is -0.0757. The second-order valence-corrected chi connectivity index (χ2v) is 27.2. The summed E-state index contributed by atoms with van der Waals surface area (Å²) in [6.45, 7) is 35.9. The fourth-order valence-electron chi connectivity index (χ4n) is 12.4. The largest absolute Gasteiger partial charge is 0.311 e. The second-order valence-electron chi connectivity index (χ2n) is 27.2. The number of hydrogen-bond donors (Lipinski definition) is 0. The van der Waals surface area contributed by atoms with E-state index in [2.05, 4.69) is 291 Å². The van der Waals surface area contributed by atoms with Crippen LogP contribution in [0.5, 0.6) is 0 Å². The van der Waals surface area contributed by atoms with Crippen LogP contribution in [0.25, 0.3) is 22.3 Å². The van der Waals surface area contributed by atoms with Gasteiger partial charge in [-0.1, -0.05) is 219 Å². The molecule has 2 aliphatic heterocycles. The topological polar surface area (TPSA) is 6.48 Å². The average molecular weight is 982 g/mol. The van der Waals surface area contributed by atoms with Crippen molar-refractivity contribution in [2.75, 3.05) is 9.80 Å². The van der Waals surface area contributed by atoms with Gasteiger partial charge in [-0.25, -0.2) is 0 Å². The van der Waals surface area contributed by atoms with Crippen LogP contribution in [0.15, 0.2) is 170 Å². The van der Waals surface area contributed by atoms with Gasteiger partial charge < -0.3 is 9.80 Å². The fraction of sp³-hybridized carbons (Fsp3) is 0.333. The molecule has 2 bridgehead atoms. The van der Waals surface area contributed by atoms with Gasteiger partial charge in [-0.05, 0) is 173 Å². The Labute approximate surface area is 451 Å². The molecule has 0 saturated heterocycles. The van der Waals surface area contributed by atoms with Gasteiger partial charge in [0.25, 0.3) is 0 Å². The highest BCUT2D eigenvalue weighted by Crippen LogP contribution is 2.57. The van der Waals surface area contributed by atoms with Crippen molar-refractivity contribution in [3.63, 3.8) is 0 Å². The molecule has 0 aromatic heterocycles. The van der Waals surface area contributed by atoms with Gasteiger partial charge in [-0.15, -0.1) is 0 Å². The fourth-order valence-corrected chi connectivity index (χ4v) is 12.4. The highest BCUT2D eigenvalue weighted by Gasteiger charge is 2.44. The lowest BCUT2D eigenvalue weighted by Crippen LogP contribution is -2.34. The molecule has 2 nitrogen and oxygen atoms in total. The summed E-state index contributed by atoms with van der Waals surface area (Å²) in [5, 5.41) is 0. The van der Waals surface area contributed by atoms with Crippen LogP contribution in [0, 0.1) is 0 Å². The number of anilines is 6. The Bertz CT molecular complexity index is 3480. The van der Waals surface area contributed by atoms with Gasteiger partial charge in [0.05, 0.1) is 5.69 Å². The van der Waals surface area contributed by atoms with Crippen molar-refractivity contribution in [3.05, 3.63) is 220 Å². The molecule has 379 valence electrons. The van der Waals surface area contributed by atoms with E-state index in [4.69, 9.17) is 0 Å². The molecule has 1 atom stereocenters. The van der Waals surface area contributed by atoms with Crippen molar-refractivity contribution in [3.8, 4) is 22.3 Å². The molecular weight excluding hydrogens is 904 g/mol. The highest BCUT2D eigenvalue weighted by atomic mass is 15.2. The molecule has 0 fully saturated rings. The normalized spacial score (nSPS) is 16.8. The van der Waals surface area contributed by atoms with E-state index in [1.165, 1.54) is 112 Å². The summed E-state index contributed by atoms with van der Waals surface area (Å²) in [6.07, 6.45) is 2.28. The molecule has 1 unspecified atom stereocenters. The molecule has 75 heavy (non-hydrogen) atoms. The maximum atomic E-state index is 2.72. The van der Waals surface area contributed by atoms with Gasteiger partial charge in [0, 0.05) is 39.4 Å². The summed E-state index contributed by atoms with van der Waals surface area (Å²) >= 11 is 0. The van der Waals surface area contributed by atoms with Gasteiger partial charge in [0.1, 0.15) is 0 Å². The highest BCUT2D eigenvalue weighted by molar-refractivity contribution is 6.61. The summed E-state index contributed by atoms with van der Waals surface area (Å²) in [6, 6.07) is 66.0. The molecule has 11 rings (SSSR count). The van der Waals surface area contributed by atoms with E-state index >= 15 is 0 Å². The Morgan fingerprint density at radius 3 is 1.53 bits per heavy atom. The first-order valence-electron chi connectivity index (χ1n) is 27.7. The molecule has 8 aromatic carbocycles. The van der Waals surface area contributed by atoms with Gasteiger partial charge in [0.2, 0.25) is 0 Å². The minimum absolute atomic E-state index is 0.00261. The van der Waals surface area contributed by atoms with Gasteiger partial charge in [-0.2, -0.15) is 0 Å². The van der Waals surface area contributed by atoms with Crippen molar-refractivity contribution in [2.45, 2.75) is 155 Å². The van der Waals surface area contributed by atoms with E-state index in [9.17, 15) is 0 Å². The number of nitrogens with zero attached hydrogens (tertiary/aromatic N) is 2. The van der Waals surface area contributed by atoms with Crippen LogP contribution >= 0.6 is 0 Å². The lowest BCUT2D eigenvalue weighted by Gasteiger charge is -2.44. The summed E-state index contributed by atoms with van der Waals surface area (Å²) in [5.41, 5.74) is 25.1. The molecule has 8 aromatic rings. The van der Waals surface area contributed by atoms with E-state index in [1.54, 1.807) is 0 Å². The van der Waals surface area contributed by atoms with Crippen molar-refractivity contribution in [1.29, 1.82) is 0 Å². The molecule has 1 radical (unpaired) electrons. The predicted octanol–water partition coefficient (Wildman–Crippen LogP) is 19.3. The van der Waals surface area contributed by atoms with Crippen molar-refractivity contribution in [1.82, 2.24) is 0 Å². The van der Waals surface area contributed by atoms with Crippen LogP contribution in [0.3, 0.4) is 0 Å². The predicted molar refractivity (Wildman–Crippen MR) is 324 cm³/mol. The standard InChI is InChI=1S/C72H78BN2/c1-67(2,3)49-29-33-54(34-30-49)74-61-36-32-52(72(14,15)50-27-20-17-21-28-50)41-56(61)65-57-44-58-59(71(12,13)38-37-70(58,10)11)45-62(57)75(64-43-53(69(7,8)9)42-63(74)66(64)73-65)60-35-31-51(68(4,5)6)40-55(60)48-26-22-25-47(39-48)46-23-18-16-19-24-46/h16-36,39-45,65H,37-38H2,1-15H3. The minimum Gasteiger partial charge on any atom is -0.311 e. The zero-order chi connectivity index (χ0) is 53.2. The van der Waals surface area contributed by atoms with E-state index in [0.29, 0.717) is 0 Å². The third-order valence-corrected chi connectivity index (χ3v) is 17.6. The van der Waals surface area contributed by atoms with Crippen LogP contribution < -0.4 is 15.3 Å². The Morgan fingerprint density at radius 1 is 0.387 bits per heavy atom. The number of rotatable bonds is 6. The van der Waals surface area contributed by atoms with Crippen LogP contribution in [0.1, 0.15) is 173 Å². The first kappa shape index (κ1) is 50.6. The lowest BCUT2D eigenvalue weighted by molar-refractivity contribution is 0.331. The summed E-state index contributed by atoms with van der Waals surface area (Å²) in [4.78, 5) is 5.34. The Morgan fingerprint density at radius 2 is 0.907 bits per heavy atom. The van der Waals surface area contributed by atoms with Crippen molar-refractivity contribution >= 4 is 46.9 Å². The van der Waals surface area contributed by atoms with Crippen molar-refractivity contribution in [2.24, 2.45) is 0 Å². The van der Waals surface area contributed by atoms with Gasteiger partial charge in [-0.3, -0.25) is 0 Å². The molecule has 1 aliphatic carbocycles. The molecule has 0 spiro atoms. The van der Waals surface area contributed by atoms with Gasteiger partial charge in [0.15, 0.2) is 7.28 Å². The van der Waals surface area contributed by atoms with E-state index < -0.39 is 0 Å². The van der Waals surface area contributed by atoms with Crippen LogP contribution in [0.2, 0.25) is 0 Å². The molecule has 2 heterocycles. The van der Waals surface area contributed by atoms with Gasteiger partial charge >= 0.3 is 0 Å². The third kappa shape index (κ3) is 8.87. The van der Waals surface area contributed by atoms with E-state index in [-0.39, 0.29) is 38.3 Å². The molecule has 0 saturated carbocycles. The number of fused-ring (bicyclic) bond motifs is 6. The lowest BCUT2D eigenvalue weighted by atomic mass is 9.53. The Balaban J connectivity index is 1.30. The molecule has 0 amide bonds. The first-order valence-corrected chi connectivity index (χ1v) is 27.7. The molecule has 0 N–H and O–H groups in total. The van der Waals surface area contributed by atoms with Crippen molar-refractivity contribution < 1.29 is 0 Å². The van der Waals surface area contributed by atoms with Crippen LogP contribution in [-0.2, 0) is 32.5 Å². The monoisotopic (exact) mass is 982 g/mol. The second kappa shape index (κ2) is 17.8. The van der Waals surface area contributed by atoms with Crippen LogP contribution in [0.4, 0.5) is 34.1 Å². The smallest absolute Gasteiger partial charge is 0.172 e. The molecule has 3 heteroatoms. The number of benzene rings is 8. The summed E-state index contributed by atoms with van der Waals surface area (Å²) in [7, 11) is 2.67. The van der Waals surface area contributed by atoms with Crippen LogP contribution in [-0.4, -0.2) is 7.28 Å². The summed E-state index contributed by atoms with van der Waals surface area (Å²) < 4.78 is 0. The third-order valence-electron chi connectivity index (χ3n) is 17.6. The van der Waals surface area contributed by atoms with E-state index in [1.807, 2.05) is 0 Å². The minimum atomic E-state index is -0.251. The molecule has 3 aliphatic rings.